The first-order chi connectivity index (χ1) is 8.84. The van der Waals surface area contributed by atoms with E-state index in [1.807, 2.05) is 19.0 Å². The molecule has 0 aromatic rings. The first-order valence-corrected chi connectivity index (χ1v) is 6.34. The van der Waals surface area contributed by atoms with Crippen molar-refractivity contribution in [3.05, 3.63) is 0 Å². The zero-order chi connectivity index (χ0) is 14.8. The molecule has 0 bridgehead atoms. The fraction of sp³-hybridized carbons (Fsp3) is 0.833. The van der Waals surface area contributed by atoms with E-state index in [1.54, 1.807) is 13.8 Å². The van der Waals surface area contributed by atoms with E-state index in [1.165, 1.54) is 0 Å². The van der Waals surface area contributed by atoms with Gasteiger partial charge in [-0.3, -0.25) is 0 Å². The highest BCUT2D eigenvalue weighted by Crippen LogP contribution is 2.00. The number of rotatable bonds is 9. The third kappa shape index (κ3) is 9.26. The number of ether oxygens (including phenoxy) is 1. The SMILES string of the molecule is CC(C)C(NC(=O)NCCOCCN(C)C)C(=O)O. The largest absolute Gasteiger partial charge is 0.480 e. The van der Waals surface area contributed by atoms with E-state index in [9.17, 15) is 9.59 Å². The summed E-state index contributed by atoms with van der Waals surface area (Å²) in [7, 11) is 3.90. The van der Waals surface area contributed by atoms with Gasteiger partial charge in [0.25, 0.3) is 0 Å². The molecular formula is C12H25N3O4. The lowest BCUT2D eigenvalue weighted by molar-refractivity contribution is -0.140. The van der Waals surface area contributed by atoms with Crippen LogP contribution < -0.4 is 10.6 Å². The maximum absolute atomic E-state index is 11.5. The van der Waals surface area contributed by atoms with Crippen molar-refractivity contribution in [1.29, 1.82) is 0 Å². The van der Waals surface area contributed by atoms with Crippen LogP contribution in [0.15, 0.2) is 0 Å². The molecule has 0 aliphatic rings. The molecule has 2 amide bonds. The van der Waals surface area contributed by atoms with Gasteiger partial charge in [-0.1, -0.05) is 13.8 Å². The van der Waals surface area contributed by atoms with Crippen LogP contribution in [0.1, 0.15) is 13.8 Å². The summed E-state index contributed by atoms with van der Waals surface area (Å²) in [5.74, 6) is -1.20. The molecule has 0 aliphatic carbocycles. The predicted octanol–water partition coefficient (Wildman–Crippen LogP) is -0.0270. The molecular weight excluding hydrogens is 250 g/mol. The highest BCUT2D eigenvalue weighted by molar-refractivity contribution is 5.82. The van der Waals surface area contributed by atoms with Crippen LogP contribution in [0.5, 0.6) is 0 Å². The maximum atomic E-state index is 11.5. The number of carbonyl (C=O) groups is 2. The zero-order valence-corrected chi connectivity index (χ0v) is 12.1. The minimum Gasteiger partial charge on any atom is -0.480 e. The van der Waals surface area contributed by atoms with E-state index in [2.05, 4.69) is 10.6 Å². The summed E-state index contributed by atoms with van der Waals surface area (Å²) < 4.78 is 5.29. The van der Waals surface area contributed by atoms with Gasteiger partial charge in [-0.05, 0) is 20.0 Å². The van der Waals surface area contributed by atoms with Gasteiger partial charge in [-0.25, -0.2) is 9.59 Å². The number of hydrogen-bond acceptors (Lipinski definition) is 4. The van der Waals surface area contributed by atoms with Crippen molar-refractivity contribution in [2.45, 2.75) is 19.9 Å². The third-order valence-corrected chi connectivity index (χ3v) is 2.43. The molecule has 7 nitrogen and oxygen atoms in total. The van der Waals surface area contributed by atoms with E-state index in [0.717, 1.165) is 6.54 Å². The number of aliphatic carboxylic acids is 1. The Bertz CT molecular complexity index is 282. The molecule has 112 valence electrons. The first kappa shape index (κ1) is 17.7. The van der Waals surface area contributed by atoms with Crippen molar-refractivity contribution in [1.82, 2.24) is 15.5 Å². The van der Waals surface area contributed by atoms with Crippen LogP contribution in [0.25, 0.3) is 0 Å². The topological polar surface area (TPSA) is 90.9 Å². The van der Waals surface area contributed by atoms with Crippen molar-refractivity contribution in [2.75, 3.05) is 40.4 Å². The average molecular weight is 275 g/mol. The lowest BCUT2D eigenvalue weighted by atomic mass is 10.1. The summed E-state index contributed by atoms with van der Waals surface area (Å²) >= 11 is 0. The summed E-state index contributed by atoms with van der Waals surface area (Å²) in [6.07, 6.45) is 0. The standard InChI is InChI=1S/C12H25N3O4/c1-9(2)10(11(16)17)14-12(18)13-5-7-19-8-6-15(3)4/h9-10H,5-8H2,1-4H3,(H,16,17)(H2,13,14,18). The highest BCUT2D eigenvalue weighted by Gasteiger charge is 2.22. The van der Waals surface area contributed by atoms with Gasteiger partial charge in [0.05, 0.1) is 13.2 Å². The quantitative estimate of drug-likeness (QED) is 0.514. The fourth-order valence-corrected chi connectivity index (χ4v) is 1.29. The molecule has 0 aromatic heterocycles. The molecule has 7 heteroatoms. The fourth-order valence-electron chi connectivity index (χ4n) is 1.29. The van der Waals surface area contributed by atoms with Gasteiger partial charge in [0, 0.05) is 13.1 Å². The second-order valence-electron chi connectivity index (χ2n) is 4.88. The summed E-state index contributed by atoms with van der Waals surface area (Å²) in [6, 6.07) is -1.37. The Labute approximate surface area is 114 Å². The van der Waals surface area contributed by atoms with Crippen LogP contribution in [0.2, 0.25) is 0 Å². The number of carboxylic acids is 1. The number of likely N-dealkylation sites (N-methyl/N-ethyl adjacent to an activating group) is 1. The van der Waals surface area contributed by atoms with Crippen molar-refractivity contribution in [2.24, 2.45) is 5.92 Å². The molecule has 0 rings (SSSR count). The van der Waals surface area contributed by atoms with Crippen molar-refractivity contribution < 1.29 is 19.4 Å². The molecule has 0 heterocycles. The third-order valence-electron chi connectivity index (χ3n) is 2.43. The van der Waals surface area contributed by atoms with E-state index >= 15 is 0 Å². The summed E-state index contributed by atoms with van der Waals surface area (Å²) in [6.45, 7) is 5.65. The minimum atomic E-state index is -1.03. The van der Waals surface area contributed by atoms with E-state index in [0.29, 0.717) is 19.8 Å². The Morgan fingerprint density at radius 3 is 2.37 bits per heavy atom. The second-order valence-corrected chi connectivity index (χ2v) is 4.88. The number of urea groups is 1. The van der Waals surface area contributed by atoms with Crippen LogP contribution in [-0.4, -0.2) is 68.4 Å². The van der Waals surface area contributed by atoms with E-state index < -0.39 is 18.0 Å². The Kier molecular flexibility index (Phi) is 8.90. The summed E-state index contributed by atoms with van der Waals surface area (Å²) in [4.78, 5) is 24.3. The lowest BCUT2D eigenvalue weighted by Crippen LogP contribution is -2.49. The van der Waals surface area contributed by atoms with E-state index in [-0.39, 0.29) is 5.92 Å². The Hall–Kier alpha value is -1.34. The molecule has 0 fully saturated rings. The van der Waals surface area contributed by atoms with Crippen LogP contribution >= 0.6 is 0 Å². The molecule has 0 aromatic carbocycles. The second kappa shape index (κ2) is 9.57. The van der Waals surface area contributed by atoms with Gasteiger partial charge < -0.3 is 25.4 Å². The van der Waals surface area contributed by atoms with Crippen LogP contribution in [0, 0.1) is 5.92 Å². The number of hydrogen-bond donors (Lipinski definition) is 3. The number of nitrogens with zero attached hydrogens (tertiary/aromatic N) is 1. The van der Waals surface area contributed by atoms with Gasteiger partial charge in [0.2, 0.25) is 0 Å². The maximum Gasteiger partial charge on any atom is 0.326 e. The predicted molar refractivity (Wildman–Crippen MR) is 72.2 cm³/mol. The number of amides is 2. The normalized spacial score (nSPS) is 12.5. The van der Waals surface area contributed by atoms with Crippen molar-refractivity contribution >= 4 is 12.0 Å². The Morgan fingerprint density at radius 2 is 1.89 bits per heavy atom. The van der Waals surface area contributed by atoms with Crippen LogP contribution in [-0.2, 0) is 9.53 Å². The number of nitrogens with one attached hydrogen (secondary N) is 2. The molecule has 19 heavy (non-hydrogen) atoms. The van der Waals surface area contributed by atoms with Gasteiger partial charge in [-0.15, -0.1) is 0 Å². The molecule has 0 saturated carbocycles. The smallest absolute Gasteiger partial charge is 0.326 e. The number of carboxylic acid groups (broad SMARTS) is 1. The monoisotopic (exact) mass is 275 g/mol. The molecule has 3 N–H and O–H groups in total. The lowest BCUT2D eigenvalue weighted by Gasteiger charge is -2.18. The first-order valence-electron chi connectivity index (χ1n) is 6.34. The highest BCUT2D eigenvalue weighted by atomic mass is 16.5. The molecule has 0 radical (unpaired) electrons. The van der Waals surface area contributed by atoms with Crippen molar-refractivity contribution in [3.8, 4) is 0 Å². The Morgan fingerprint density at radius 1 is 1.26 bits per heavy atom. The van der Waals surface area contributed by atoms with Crippen molar-refractivity contribution in [3.63, 3.8) is 0 Å². The molecule has 0 spiro atoms. The Balaban J connectivity index is 3.72. The molecule has 1 atom stereocenters. The minimum absolute atomic E-state index is 0.167. The van der Waals surface area contributed by atoms with Crippen LogP contribution in [0.3, 0.4) is 0 Å². The zero-order valence-electron chi connectivity index (χ0n) is 12.1. The van der Waals surface area contributed by atoms with Crippen LogP contribution in [0.4, 0.5) is 4.79 Å². The van der Waals surface area contributed by atoms with Gasteiger partial charge >= 0.3 is 12.0 Å². The van der Waals surface area contributed by atoms with Gasteiger partial charge in [0.1, 0.15) is 6.04 Å². The molecule has 0 saturated heterocycles. The number of carbonyl (C=O) groups excluding carboxylic acids is 1. The molecule has 0 aliphatic heterocycles. The molecule has 1 unspecified atom stereocenters. The summed E-state index contributed by atoms with van der Waals surface area (Å²) in [5, 5.41) is 13.9. The average Bonchev–Trinajstić information content (AvgIpc) is 2.29. The van der Waals surface area contributed by atoms with E-state index in [4.69, 9.17) is 9.84 Å². The summed E-state index contributed by atoms with van der Waals surface area (Å²) in [5.41, 5.74) is 0. The van der Waals surface area contributed by atoms with Gasteiger partial charge in [0.15, 0.2) is 0 Å². The van der Waals surface area contributed by atoms with Gasteiger partial charge in [-0.2, -0.15) is 0 Å².